The van der Waals surface area contributed by atoms with E-state index in [4.69, 9.17) is 21.1 Å². The number of benzene rings is 1. The predicted octanol–water partition coefficient (Wildman–Crippen LogP) is 2.64. The zero-order chi connectivity index (χ0) is 14.8. The van der Waals surface area contributed by atoms with Gasteiger partial charge in [0.05, 0.1) is 5.02 Å². The van der Waals surface area contributed by atoms with Crippen molar-refractivity contribution in [2.75, 3.05) is 39.4 Å². The van der Waals surface area contributed by atoms with Crippen LogP contribution in [0.3, 0.4) is 0 Å². The molecule has 1 fully saturated rings. The molecule has 0 amide bonds. The van der Waals surface area contributed by atoms with Crippen LogP contribution in [-0.2, 0) is 6.54 Å². The van der Waals surface area contributed by atoms with Gasteiger partial charge < -0.3 is 14.8 Å². The van der Waals surface area contributed by atoms with Crippen LogP contribution in [0, 0.1) is 0 Å². The Morgan fingerprint density at radius 3 is 2.52 bits per heavy atom. The fraction of sp³-hybridized carbons (Fsp3) is 0.625. The maximum absolute atomic E-state index is 6.41. The molecule has 1 aromatic rings. The van der Waals surface area contributed by atoms with Crippen LogP contribution in [0.2, 0.25) is 5.02 Å². The van der Waals surface area contributed by atoms with Gasteiger partial charge in [-0.05, 0) is 17.5 Å². The van der Waals surface area contributed by atoms with Crippen LogP contribution in [0.5, 0.6) is 11.5 Å². The molecule has 0 bridgehead atoms. The Morgan fingerprint density at radius 1 is 1.19 bits per heavy atom. The lowest BCUT2D eigenvalue weighted by molar-refractivity contribution is 0.168. The summed E-state index contributed by atoms with van der Waals surface area (Å²) in [7, 11) is 0. The van der Waals surface area contributed by atoms with E-state index in [1.807, 2.05) is 0 Å². The minimum absolute atomic E-state index is 0.385. The van der Waals surface area contributed by atoms with Gasteiger partial charge in [0, 0.05) is 38.3 Å². The van der Waals surface area contributed by atoms with Crippen LogP contribution in [0.15, 0.2) is 6.07 Å². The number of halogens is 1. The molecule has 0 spiro atoms. The normalized spacial score (nSPS) is 19.0. The van der Waals surface area contributed by atoms with Gasteiger partial charge in [0.1, 0.15) is 13.2 Å². The van der Waals surface area contributed by atoms with Crippen molar-refractivity contribution in [3.63, 3.8) is 0 Å². The van der Waals surface area contributed by atoms with Crippen molar-refractivity contribution in [2.24, 2.45) is 0 Å². The summed E-state index contributed by atoms with van der Waals surface area (Å²) in [5.74, 6) is 1.96. The van der Waals surface area contributed by atoms with Crippen LogP contribution in [0.1, 0.15) is 30.9 Å². The number of nitrogens with one attached hydrogen (secondary N) is 1. The van der Waals surface area contributed by atoms with E-state index in [1.54, 1.807) is 0 Å². The second-order valence-electron chi connectivity index (χ2n) is 5.97. The lowest BCUT2D eigenvalue weighted by Gasteiger charge is -2.30. The molecule has 1 saturated heterocycles. The van der Waals surface area contributed by atoms with Crippen LogP contribution >= 0.6 is 11.6 Å². The molecular formula is C16H23ClN2O2. The molecule has 21 heavy (non-hydrogen) atoms. The monoisotopic (exact) mass is 310 g/mol. The molecular weight excluding hydrogens is 288 g/mol. The average Bonchev–Trinajstić information content (AvgIpc) is 2.48. The summed E-state index contributed by atoms with van der Waals surface area (Å²) in [6, 6.07) is 2.06. The minimum Gasteiger partial charge on any atom is -0.486 e. The van der Waals surface area contributed by atoms with Gasteiger partial charge in [-0.1, -0.05) is 25.4 Å². The molecule has 0 unspecified atom stereocenters. The summed E-state index contributed by atoms with van der Waals surface area (Å²) in [6.07, 6.45) is 0. The van der Waals surface area contributed by atoms with Gasteiger partial charge in [-0.15, -0.1) is 0 Å². The van der Waals surface area contributed by atoms with Crippen molar-refractivity contribution in [3.05, 3.63) is 22.2 Å². The smallest absolute Gasteiger partial charge is 0.180 e. The van der Waals surface area contributed by atoms with Crippen LogP contribution < -0.4 is 14.8 Å². The molecule has 0 radical (unpaired) electrons. The molecule has 1 N–H and O–H groups in total. The van der Waals surface area contributed by atoms with E-state index in [-0.39, 0.29) is 0 Å². The molecule has 0 aliphatic carbocycles. The van der Waals surface area contributed by atoms with Crippen molar-refractivity contribution < 1.29 is 9.47 Å². The number of hydrogen-bond donors (Lipinski definition) is 1. The minimum atomic E-state index is 0.385. The Morgan fingerprint density at radius 2 is 1.86 bits per heavy atom. The van der Waals surface area contributed by atoms with Gasteiger partial charge in [-0.25, -0.2) is 0 Å². The maximum Gasteiger partial charge on any atom is 0.180 e. The van der Waals surface area contributed by atoms with Crippen molar-refractivity contribution in [1.29, 1.82) is 0 Å². The number of hydrogen-bond acceptors (Lipinski definition) is 4. The number of nitrogens with zero attached hydrogens (tertiary/aromatic N) is 1. The summed E-state index contributed by atoms with van der Waals surface area (Å²) in [5, 5.41) is 4.05. The van der Waals surface area contributed by atoms with Gasteiger partial charge in [0.15, 0.2) is 11.5 Å². The van der Waals surface area contributed by atoms with Crippen molar-refractivity contribution >= 4 is 11.6 Å². The van der Waals surface area contributed by atoms with Crippen LogP contribution in [0.4, 0.5) is 0 Å². The lowest BCUT2D eigenvalue weighted by atomic mass is 9.94. The Bertz CT molecular complexity index is 513. The molecule has 2 aliphatic heterocycles. The Hall–Kier alpha value is -0.970. The van der Waals surface area contributed by atoms with Gasteiger partial charge in [0.25, 0.3) is 0 Å². The van der Waals surface area contributed by atoms with Crippen molar-refractivity contribution in [1.82, 2.24) is 10.2 Å². The molecule has 0 atom stereocenters. The first-order chi connectivity index (χ1) is 10.2. The molecule has 5 heteroatoms. The zero-order valence-corrected chi connectivity index (χ0v) is 13.5. The van der Waals surface area contributed by atoms with Gasteiger partial charge in [-0.3, -0.25) is 4.90 Å². The van der Waals surface area contributed by atoms with E-state index in [0.717, 1.165) is 44.2 Å². The van der Waals surface area contributed by atoms with E-state index in [1.165, 1.54) is 11.1 Å². The Kier molecular flexibility index (Phi) is 4.57. The summed E-state index contributed by atoms with van der Waals surface area (Å²) in [4.78, 5) is 2.46. The van der Waals surface area contributed by atoms with Crippen LogP contribution in [-0.4, -0.2) is 44.3 Å². The second-order valence-corrected chi connectivity index (χ2v) is 6.37. The Balaban J connectivity index is 1.96. The maximum atomic E-state index is 6.41. The summed E-state index contributed by atoms with van der Waals surface area (Å²) in [6.45, 7) is 10.7. The van der Waals surface area contributed by atoms with Crippen molar-refractivity contribution in [2.45, 2.75) is 26.3 Å². The predicted molar refractivity (Wildman–Crippen MR) is 84.7 cm³/mol. The largest absolute Gasteiger partial charge is 0.486 e. The van der Waals surface area contributed by atoms with Crippen LogP contribution in [0.25, 0.3) is 0 Å². The second kappa shape index (κ2) is 6.42. The van der Waals surface area contributed by atoms with E-state index in [2.05, 4.69) is 30.1 Å². The number of rotatable bonds is 3. The first-order valence-corrected chi connectivity index (χ1v) is 8.08. The molecule has 4 nitrogen and oxygen atoms in total. The summed E-state index contributed by atoms with van der Waals surface area (Å²) < 4.78 is 11.6. The quantitative estimate of drug-likeness (QED) is 0.930. The van der Waals surface area contributed by atoms with Gasteiger partial charge in [-0.2, -0.15) is 0 Å². The highest BCUT2D eigenvalue weighted by Gasteiger charge is 2.25. The van der Waals surface area contributed by atoms with E-state index in [0.29, 0.717) is 24.2 Å². The standard InChI is InChI=1S/C16H23ClN2O2/c1-11(2)14-12(10-19-5-3-18-4-6-19)9-13(17)15-16(14)21-8-7-20-15/h9,11,18H,3-8,10H2,1-2H3. The van der Waals surface area contributed by atoms with E-state index in [9.17, 15) is 0 Å². The average molecular weight is 311 g/mol. The molecule has 0 aromatic heterocycles. The third kappa shape index (κ3) is 3.12. The first kappa shape index (κ1) is 14.9. The number of fused-ring (bicyclic) bond motifs is 1. The summed E-state index contributed by atoms with van der Waals surface area (Å²) >= 11 is 6.41. The first-order valence-electron chi connectivity index (χ1n) is 7.70. The summed E-state index contributed by atoms with van der Waals surface area (Å²) in [5.41, 5.74) is 2.51. The lowest BCUT2D eigenvalue weighted by Crippen LogP contribution is -2.43. The number of ether oxygens (including phenoxy) is 2. The third-order valence-corrected chi connectivity index (χ3v) is 4.35. The Labute approximate surface area is 131 Å². The van der Waals surface area contributed by atoms with Crippen molar-refractivity contribution in [3.8, 4) is 11.5 Å². The topological polar surface area (TPSA) is 33.7 Å². The molecule has 2 aliphatic rings. The molecule has 2 heterocycles. The molecule has 3 rings (SSSR count). The van der Waals surface area contributed by atoms with Gasteiger partial charge in [0.2, 0.25) is 0 Å². The van der Waals surface area contributed by atoms with Gasteiger partial charge >= 0.3 is 0 Å². The highest BCUT2D eigenvalue weighted by molar-refractivity contribution is 6.32. The highest BCUT2D eigenvalue weighted by atomic mass is 35.5. The fourth-order valence-electron chi connectivity index (χ4n) is 3.11. The third-order valence-electron chi connectivity index (χ3n) is 4.07. The number of piperazine rings is 1. The highest BCUT2D eigenvalue weighted by Crippen LogP contribution is 2.45. The zero-order valence-electron chi connectivity index (χ0n) is 12.7. The molecule has 116 valence electrons. The molecule has 1 aromatic carbocycles. The fourth-order valence-corrected chi connectivity index (χ4v) is 3.38. The van der Waals surface area contributed by atoms with E-state index >= 15 is 0 Å². The SMILES string of the molecule is CC(C)c1c(CN2CCNCC2)cc(Cl)c2c1OCCO2. The molecule has 0 saturated carbocycles. The van der Waals surface area contributed by atoms with E-state index < -0.39 is 0 Å².